The number of fused-ring (bicyclic) bond motifs is 3. The highest BCUT2D eigenvalue weighted by Gasteiger charge is 2.14. The molecule has 5 heteroatoms. The smallest absolute Gasteiger partial charge is 0.180 e. The van der Waals surface area contributed by atoms with Gasteiger partial charge in [-0.3, -0.25) is 4.40 Å². The van der Waals surface area contributed by atoms with Crippen molar-refractivity contribution in [2.75, 3.05) is 5.32 Å². The number of nitrogens with zero attached hydrogens (tertiary/aromatic N) is 3. The van der Waals surface area contributed by atoms with Crippen molar-refractivity contribution in [3.63, 3.8) is 0 Å². The molecule has 0 amide bonds. The van der Waals surface area contributed by atoms with Crippen LogP contribution in [0.15, 0.2) is 48.7 Å². The van der Waals surface area contributed by atoms with Crippen molar-refractivity contribution in [1.82, 2.24) is 14.4 Å². The Bertz CT molecular complexity index is 1050. The van der Waals surface area contributed by atoms with Gasteiger partial charge >= 0.3 is 0 Å². The molecule has 25 heavy (non-hydrogen) atoms. The van der Waals surface area contributed by atoms with Gasteiger partial charge in [-0.2, -0.15) is 0 Å². The van der Waals surface area contributed by atoms with E-state index in [4.69, 9.17) is 4.98 Å². The minimum Gasteiger partial charge on any atom is -0.390 e. The van der Waals surface area contributed by atoms with Gasteiger partial charge in [0, 0.05) is 6.54 Å². The maximum atomic E-state index is 9.71. The first kappa shape index (κ1) is 15.6. The zero-order valence-corrected chi connectivity index (χ0v) is 14.3. The van der Waals surface area contributed by atoms with Gasteiger partial charge in [0.05, 0.1) is 29.5 Å². The average molecular weight is 332 g/mol. The van der Waals surface area contributed by atoms with E-state index < -0.39 is 0 Å². The highest BCUT2D eigenvalue weighted by atomic mass is 16.3. The Labute approximate surface area is 146 Å². The quantitative estimate of drug-likeness (QED) is 0.599. The fourth-order valence-corrected chi connectivity index (χ4v) is 3.06. The summed E-state index contributed by atoms with van der Waals surface area (Å²) in [7, 11) is 0. The summed E-state index contributed by atoms with van der Waals surface area (Å²) in [5, 5.41) is 13.1. The van der Waals surface area contributed by atoms with Crippen LogP contribution in [0.5, 0.6) is 0 Å². The fraction of sp³-hybridized carbons (Fsp3) is 0.200. The fourth-order valence-electron chi connectivity index (χ4n) is 3.06. The molecular weight excluding hydrogens is 312 g/mol. The Morgan fingerprint density at radius 1 is 1.08 bits per heavy atom. The SMILES string of the molecule is Cc1cc2nc(NCc3ccccc3)c3ncc(CO)n3c2cc1C. The molecule has 0 saturated heterocycles. The van der Waals surface area contributed by atoms with E-state index in [1.165, 1.54) is 16.7 Å². The standard InChI is InChI=1S/C20H20N4O/c1-13-8-17-18(9-14(13)2)24-16(12-25)11-22-20(24)19(23-17)21-10-15-6-4-3-5-7-15/h3-9,11,25H,10,12H2,1-2H3,(H,21,23). The summed E-state index contributed by atoms with van der Waals surface area (Å²) in [5.41, 5.74) is 6.90. The molecule has 2 aromatic carbocycles. The minimum atomic E-state index is -0.0642. The molecule has 0 fully saturated rings. The number of aliphatic hydroxyl groups is 1. The summed E-state index contributed by atoms with van der Waals surface area (Å²) in [6, 6.07) is 14.4. The Balaban J connectivity index is 1.88. The lowest BCUT2D eigenvalue weighted by Gasteiger charge is -2.12. The topological polar surface area (TPSA) is 62.5 Å². The van der Waals surface area contributed by atoms with Gasteiger partial charge < -0.3 is 10.4 Å². The zero-order valence-electron chi connectivity index (χ0n) is 14.3. The highest BCUT2D eigenvalue weighted by Crippen LogP contribution is 2.25. The van der Waals surface area contributed by atoms with Crippen LogP contribution in [0.1, 0.15) is 22.4 Å². The van der Waals surface area contributed by atoms with E-state index in [2.05, 4.69) is 48.4 Å². The summed E-state index contributed by atoms with van der Waals surface area (Å²) in [4.78, 5) is 9.27. The molecule has 0 saturated carbocycles. The summed E-state index contributed by atoms with van der Waals surface area (Å²) in [5.74, 6) is 0.722. The molecule has 2 heterocycles. The second-order valence-electron chi connectivity index (χ2n) is 6.29. The van der Waals surface area contributed by atoms with Gasteiger partial charge in [0.2, 0.25) is 0 Å². The van der Waals surface area contributed by atoms with Crippen LogP contribution in [0.4, 0.5) is 5.82 Å². The van der Waals surface area contributed by atoms with Crippen molar-refractivity contribution in [3.05, 3.63) is 71.0 Å². The lowest BCUT2D eigenvalue weighted by Crippen LogP contribution is -2.06. The number of rotatable bonds is 4. The maximum Gasteiger partial charge on any atom is 0.180 e. The predicted molar refractivity (Wildman–Crippen MR) is 99.7 cm³/mol. The van der Waals surface area contributed by atoms with Gasteiger partial charge in [-0.25, -0.2) is 9.97 Å². The van der Waals surface area contributed by atoms with Gasteiger partial charge in [0.25, 0.3) is 0 Å². The van der Waals surface area contributed by atoms with Crippen LogP contribution < -0.4 is 5.32 Å². The zero-order chi connectivity index (χ0) is 17.4. The first-order valence-corrected chi connectivity index (χ1v) is 8.33. The molecule has 0 bridgehead atoms. The third-order valence-electron chi connectivity index (χ3n) is 4.58. The number of hydrogen-bond donors (Lipinski definition) is 2. The van der Waals surface area contributed by atoms with E-state index in [1.54, 1.807) is 6.20 Å². The summed E-state index contributed by atoms with van der Waals surface area (Å²) < 4.78 is 1.99. The van der Waals surface area contributed by atoms with Crippen LogP contribution in [-0.4, -0.2) is 19.5 Å². The van der Waals surface area contributed by atoms with Crippen LogP contribution in [0.2, 0.25) is 0 Å². The summed E-state index contributed by atoms with van der Waals surface area (Å²) >= 11 is 0. The van der Waals surface area contributed by atoms with Crippen molar-refractivity contribution >= 4 is 22.5 Å². The molecule has 0 aliphatic heterocycles. The van der Waals surface area contributed by atoms with Crippen molar-refractivity contribution in [2.24, 2.45) is 0 Å². The van der Waals surface area contributed by atoms with E-state index in [0.717, 1.165) is 28.2 Å². The molecule has 0 unspecified atom stereocenters. The molecule has 2 aromatic heterocycles. The third kappa shape index (κ3) is 2.72. The first-order valence-electron chi connectivity index (χ1n) is 8.33. The van der Waals surface area contributed by atoms with Gasteiger partial charge in [0.15, 0.2) is 11.5 Å². The number of hydrogen-bond acceptors (Lipinski definition) is 4. The lowest BCUT2D eigenvalue weighted by atomic mass is 10.1. The number of aryl methyl sites for hydroxylation is 2. The van der Waals surface area contributed by atoms with Gasteiger partial charge in [-0.05, 0) is 42.7 Å². The number of aliphatic hydroxyl groups excluding tert-OH is 1. The molecule has 126 valence electrons. The Kier molecular flexibility index (Phi) is 3.86. The highest BCUT2D eigenvalue weighted by molar-refractivity contribution is 5.84. The summed E-state index contributed by atoms with van der Waals surface area (Å²) in [6.07, 6.45) is 1.71. The molecule has 0 aliphatic rings. The summed E-state index contributed by atoms with van der Waals surface area (Å²) in [6.45, 7) is 4.77. The lowest BCUT2D eigenvalue weighted by molar-refractivity contribution is 0.276. The molecule has 0 radical (unpaired) electrons. The molecular formula is C20H20N4O. The third-order valence-corrected chi connectivity index (χ3v) is 4.58. The van der Waals surface area contributed by atoms with E-state index in [1.807, 2.05) is 22.6 Å². The Morgan fingerprint density at radius 2 is 1.84 bits per heavy atom. The predicted octanol–water partition coefficient (Wildman–Crippen LogP) is 3.60. The number of anilines is 1. The van der Waals surface area contributed by atoms with Crippen LogP contribution in [0.3, 0.4) is 0 Å². The van der Waals surface area contributed by atoms with Crippen molar-refractivity contribution in [1.29, 1.82) is 0 Å². The number of imidazole rings is 1. The van der Waals surface area contributed by atoms with Crippen LogP contribution in [-0.2, 0) is 13.2 Å². The van der Waals surface area contributed by atoms with E-state index in [-0.39, 0.29) is 6.61 Å². The van der Waals surface area contributed by atoms with Crippen LogP contribution in [0.25, 0.3) is 16.7 Å². The second-order valence-corrected chi connectivity index (χ2v) is 6.29. The molecule has 5 nitrogen and oxygen atoms in total. The van der Waals surface area contributed by atoms with E-state index in [0.29, 0.717) is 6.54 Å². The minimum absolute atomic E-state index is 0.0642. The second kappa shape index (κ2) is 6.18. The van der Waals surface area contributed by atoms with E-state index in [9.17, 15) is 5.11 Å². The van der Waals surface area contributed by atoms with Gasteiger partial charge in [-0.1, -0.05) is 30.3 Å². The van der Waals surface area contributed by atoms with Gasteiger partial charge in [-0.15, -0.1) is 0 Å². The molecule has 4 rings (SSSR count). The number of nitrogens with one attached hydrogen (secondary N) is 1. The number of aromatic nitrogens is 3. The number of benzene rings is 2. The maximum absolute atomic E-state index is 9.71. The van der Waals surface area contributed by atoms with Crippen LogP contribution >= 0.6 is 0 Å². The molecule has 0 atom stereocenters. The largest absolute Gasteiger partial charge is 0.390 e. The molecule has 2 N–H and O–H groups in total. The normalized spacial score (nSPS) is 11.3. The Hall–Kier alpha value is -2.92. The average Bonchev–Trinajstić information content (AvgIpc) is 3.06. The van der Waals surface area contributed by atoms with Crippen molar-refractivity contribution in [2.45, 2.75) is 27.0 Å². The molecule has 4 aromatic rings. The van der Waals surface area contributed by atoms with Crippen molar-refractivity contribution < 1.29 is 5.11 Å². The Morgan fingerprint density at radius 3 is 2.60 bits per heavy atom. The molecule has 0 aliphatic carbocycles. The first-order chi connectivity index (χ1) is 12.2. The van der Waals surface area contributed by atoms with Crippen molar-refractivity contribution in [3.8, 4) is 0 Å². The van der Waals surface area contributed by atoms with Gasteiger partial charge in [0.1, 0.15) is 0 Å². The van der Waals surface area contributed by atoms with Crippen LogP contribution in [0, 0.1) is 13.8 Å². The van der Waals surface area contributed by atoms with E-state index >= 15 is 0 Å². The monoisotopic (exact) mass is 332 g/mol. The molecule has 0 spiro atoms.